The van der Waals surface area contributed by atoms with Gasteiger partial charge in [-0.15, -0.1) is 6.58 Å². The predicted octanol–water partition coefficient (Wildman–Crippen LogP) is 3.68. The number of allylic oxidation sites excluding steroid dienone is 1. The number of aromatic nitrogens is 1. The van der Waals surface area contributed by atoms with Gasteiger partial charge in [-0.25, -0.2) is 0 Å². The molecular formula is C21H24N2O3. The molecule has 0 atom stereocenters. The fraction of sp³-hybridized carbons (Fsp3) is 0.333. The number of ether oxygens (including phenoxy) is 1. The van der Waals surface area contributed by atoms with Crippen LogP contribution in [0.4, 0.5) is 5.69 Å². The molecule has 0 spiro atoms. The Morgan fingerprint density at radius 1 is 1.27 bits per heavy atom. The van der Waals surface area contributed by atoms with E-state index in [4.69, 9.17) is 4.74 Å². The van der Waals surface area contributed by atoms with E-state index in [1.54, 1.807) is 17.0 Å². The second-order valence-corrected chi connectivity index (χ2v) is 6.54. The van der Waals surface area contributed by atoms with E-state index in [0.29, 0.717) is 24.3 Å². The molecule has 0 saturated carbocycles. The molecule has 5 nitrogen and oxygen atoms in total. The predicted molar refractivity (Wildman–Crippen MR) is 102 cm³/mol. The topological polar surface area (TPSA) is 51.5 Å². The average molecular weight is 352 g/mol. The molecule has 0 N–H and O–H groups in total. The van der Waals surface area contributed by atoms with Gasteiger partial charge in [-0.2, -0.15) is 0 Å². The number of rotatable bonds is 7. The van der Waals surface area contributed by atoms with Gasteiger partial charge in [0.2, 0.25) is 11.7 Å². The van der Waals surface area contributed by atoms with Gasteiger partial charge in [-0.3, -0.25) is 9.59 Å². The van der Waals surface area contributed by atoms with Gasteiger partial charge in [0.15, 0.2) is 6.61 Å². The fourth-order valence-electron chi connectivity index (χ4n) is 3.36. The summed E-state index contributed by atoms with van der Waals surface area (Å²) >= 11 is 0. The van der Waals surface area contributed by atoms with Crippen molar-refractivity contribution in [3.8, 4) is 5.75 Å². The zero-order valence-electron chi connectivity index (χ0n) is 15.3. The van der Waals surface area contributed by atoms with Gasteiger partial charge in [0.05, 0.1) is 0 Å². The Bertz CT molecular complexity index is 834. The number of hydrogen-bond acceptors (Lipinski definition) is 3. The lowest BCUT2D eigenvalue weighted by atomic mass is 10.1. The van der Waals surface area contributed by atoms with E-state index >= 15 is 0 Å². The van der Waals surface area contributed by atoms with E-state index < -0.39 is 0 Å². The molecule has 1 aromatic carbocycles. The lowest BCUT2D eigenvalue weighted by Gasteiger charge is -2.16. The van der Waals surface area contributed by atoms with Crippen LogP contribution in [0, 0.1) is 13.8 Å². The number of aryl methyl sites for hydroxylation is 1. The summed E-state index contributed by atoms with van der Waals surface area (Å²) in [4.78, 5) is 26.1. The fourth-order valence-corrected chi connectivity index (χ4v) is 3.36. The van der Waals surface area contributed by atoms with Crippen LogP contribution in [-0.4, -0.2) is 29.4 Å². The molecule has 2 heterocycles. The van der Waals surface area contributed by atoms with Crippen molar-refractivity contribution in [3.05, 3.63) is 59.9 Å². The molecule has 136 valence electrons. The summed E-state index contributed by atoms with van der Waals surface area (Å²) in [5.74, 6) is 0.726. The van der Waals surface area contributed by atoms with Gasteiger partial charge in [0, 0.05) is 42.1 Å². The molecule has 2 aromatic rings. The molecule has 0 aliphatic carbocycles. The number of nitrogens with zero attached hydrogens (tertiary/aromatic N) is 2. The Labute approximate surface area is 153 Å². The molecule has 1 amide bonds. The first-order valence-electron chi connectivity index (χ1n) is 8.85. The molecule has 1 aliphatic rings. The largest absolute Gasteiger partial charge is 0.485 e. The third kappa shape index (κ3) is 3.57. The maximum absolute atomic E-state index is 12.5. The van der Waals surface area contributed by atoms with Crippen LogP contribution < -0.4 is 9.64 Å². The number of hydrogen-bond donors (Lipinski definition) is 0. The molecule has 0 unspecified atom stereocenters. The summed E-state index contributed by atoms with van der Waals surface area (Å²) in [6.07, 6.45) is 3.32. The number of anilines is 1. The maximum atomic E-state index is 12.5. The first kappa shape index (κ1) is 18.0. The number of Topliss-reactive ketones (excluding diaryl/α,β-unsaturated/α-hetero) is 1. The minimum absolute atomic E-state index is 0.0135. The summed E-state index contributed by atoms with van der Waals surface area (Å²) in [7, 11) is 0. The van der Waals surface area contributed by atoms with Crippen LogP contribution in [-0.2, 0) is 11.3 Å². The Morgan fingerprint density at radius 2 is 2.00 bits per heavy atom. The molecule has 5 heteroatoms. The van der Waals surface area contributed by atoms with E-state index in [1.807, 2.05) is 38.1 Å². The highest BCUT2D eigenvalue weighted by Crippen LogP contribution is 2.24. The van der Waals surface area contributed by atoms with E-state index in [2.05, 4.69) is 11.1 Å². The average Bonchev–Trinajstić information content (AvgIpc) is 3.18. The summed E-state index contributed by atoms with van der Waals surface area (Å²) < 4.78 is 7.71. The van der Waals surface area contributed by atoms with Crippen molar-refractivity contribution < 1.29 is 14.3 Å². The Kier molecular flexibility index (Phi) is 5.26. The molecule has 0 bridgehead atoms. The maximum Gasteiger partial charge on any atom is 0.227 e. The first-order chi connectivity index (χ1) is 12.5. The van der Waals surface area contributed by atoms with Gasteiger partial charge in [-0.05, 0) is 50.6 Å². The summed E-state index contributed by atoms with van der Waals surface area (Å²) in [6, 6.07) is 9.22. The van der Waals surface area contributed by atoms with Crippen LogP contribution in [0.15, 0.2) is 43.0 Å². The standard InChI is InChI=1S/C21H24N2O3/c1-4-11-22-15(2)13-19(16(22)3)20(24)14-26-18-9-7-17(8-10-18)23-12-5-6-21(23)25/h4,7-10,13H,1,5-6,11-12,14H2,2-3H3. The molecule has 26 heavy (non-hydrogen) atoms. The monoisotopic (exact) mass is 352 g/mol. The van der Waals surface area contributed by atoms with Crippen LogP contribution in [0.3, 0.4) is 0 Å². The van der Waals surface area contributed by atoms with Crippen LogP contribution in [0.5, 0.6) is 5.75 Å². The third-order valence-corrected chi connectivity index (χ3v) is 4.78. The molecule has 1 aliphatic heterocycles. The van der Waals surface area contributed by atoms with Crippen LogP contribution >= 0.6 is 0 Å². The first-order valence-corrected chi connectivity index (χ1v) is 8.85. The normalized spacial score (nSPS) is 13.9. The van der Waals surface area contributed by atoms with Crippen LogP contribution in [0.25, 0.3) is 0 Å². The number of carbonyl (C=O) groups is 2. The summed E-state index contributed by atoms with van der Waals surface area (Å²) in [5.41, 5.74) is 3.52. The van der Waals surface area contributed by atoms with E-state index in [9.17, 15) is 9.59 Å². The minimum Gasteiger partial charge on any atom is -0.485 e. The van der Waals surface area contributed by atoms with Gasteiger partial charge in [0.25, 0.3) is 0 Å². The number of carbonyl (C=O) groups excluding carboxylic acids is 2. The highest BCUT2D eigenvalue weighted by Gasteiger charge is 2.21. The highest BCUT2D eigenvalue weighted by atomic mass is 16.5. The quantitative estimate of drug-likeness (QED) is 0.564. The van der Waals surface area contributed by atoms with E-state index in [-0.39, 0.29) is 18.3 Å². The van der Waals surface area contributed by atoms with E-state index in [0.717, 1.165) is 30.0 Å². The van der Waals surface area contributed by atoms with E-state index in [1.165, 1.54) is 0 Å². The molecule has 1 fully saturated rings. The van der Waals surface area contributed by atoms with Crippen molar-refractivity contribution in [3.63, 3.8) is 0 Å². The van der Waals surface area contributed by atoms with Gasteiger partial charge < -0.3 is 14.2 Å². The lowest BCUT2D eigenvalue weighted by molar-refractivity contribution is -0.117. The van der Waals surface area contributed by atoms with Crippen molar-refractivity contribution in [1.29, 1.82) is 0 Å². The molecule has 1 saturated heterocycles. The van der Waals surface area contributed by atoms with Gasteiger partial charge in [-0.1, -0.05) is 6.08 Å². The number of amides is 1. The smallest absolute Gasteiger partial charge is 0.227 e. The third-order valence-electron chi connectivity index (χ3n) is 4.78. The summed E-state index contributed by atoms with van der Waals surface area (Å²) in [6.45, 7) is 9.10. The van der Waals surface area contributed by atoms with Gasteiger partial charge >= 0.3 is 0 Å². The van der Waals surface area contributed by atoms with Crippen molar-refractivity contribution in [1.82, 2.24) is 4.57 Å². The SMILES string of the molecule is C=CCn1c(C)cc(C(=O)COc2ccc(N3CCCC3=O)cc2)c1C. The lowest BCUT2D eigenvalue weighted by Crippen LogP contribution is -2.23. The Morgan fingerprint density at radius 3 is 2.62 bits per heavy atom. The zero-order valence-corrected chi connectivity index (χ0v) is 15.3. The zero-order chi connectivity index (χ0) is 18.7. The Balaban J connectivity index is 1.64. The number of benzene rings is 1. The molecule has 3 rings (SSSR count). The number of ketones is 1. The minimum atomic E-state index is -0.0489. The Hall–Kier alpha value is -2.82. The second-order valence-electron chi connectivity index (χ2n) is 6.54. The van der Waals surface area contributed by atoms with Crippen LogP contribution in [0.1, 0.15) is 34.6 Å². The molecular weight excluding hydrogens is 328 g/mol. The van der Waals surface area contributed by atoms with Crippen molar-refractivity contribution in [2.45, 2.75) is 33.2 Å². The van der Waals surface area contributed by atoms with Crippen molar-refractivity contribution in [2.24, 2.45) is 0 Å². The van der Waals surface area contributed by atoms with Crippen LogP contribution in [0.2, 0.25) is 0 Å². The second kappa shape index (κ2) is 7.60. The molecule has 0 radical (unpaired) electrons. The van der Waals surface area contributed by atoms with Crippen molar-refractivity contribution in [2.75, 3.05) is 18.1 Å². The molecule has 1 aromatic heterocycles. The summed E-state index contributed by atoms with van der Waals surface area (Å²) in [5, 5.41) is 0. The highest BCUT2D eigenvalue weighted by molar-refractivity contribution is 5.98. The van der Waals surface area contributed by atoms with Crippen molar-refractivity contribution >= 4 is 17.4 Å². The van der Waals surface area contributed by atoms with Gasteiger partial charge in [0.1, 0.15) is 5.75 Å².